The number of benzene rings is 1. The summed E-state index contributed by atoms with van der Waals surface area (Å²) in [6.45, 7) is -0.173. The Labute approximate surface area is 134 Å². The van der Waals surface area contributed by atoms with Crippen molar-refractivity contribution in [2.75, 3.05) is 5.32 Å². The van der Waals surface area contributed by atoms with Gasteiger partial charge in [-0.05, 0) is 18.2 Å². The molecule has 0 saturated carbocycles. The van der Waals surface area contributed by atoms with E-state index in [1.54, 1.807) is 6.07 Å². The lowest BCUT2D eigenvalue weighted by Crippen LogP contribution is -2.37. The van der Waals surface area contributed by atoms with Crippen LogP contribution in [0.25, 0.3) is 11.2 Å². The van der Waals surface area contributed by atoms with Gasteiger partial charge in [-0.2, -0.15) is 0 Å². The molecule has 1 N–H and O–H groups in total. The van der Waals surface area contributed by atoms with Crippen molar-refractivity contribution in [2.45, 2.75) is 6.54 Å². The highest BCUT2D eigenvalue weighted by molar-refractivity contribution is 5.91. The number of aryl methyl sites for hydroxylation is 1. The molecule has 0 unspecified atom stereocenters. The Kier molecular flexibility index (Phi) is 3.76. The number of nitrogens with one attached hydrogen (secondary N) is 1. The summed E-state index contributed by atoms with van der Waals surface area (Å²) in [7, 11) is 2.85. The Balaban J connectivity index is 1.95. The molecule has 0 aliphatic rings. The molecule has 0 aliphatic heterocycles. The van der Waals surface area contributed by atoms with Crippen LogP contribution in [-0.4, -0.2) is 24.6 Å². The maximum Gasteiger partial charge on any atom is 0.332 e. The molecule has 1 aromatic carbocycles. The normalized spacial score (nSPS) is 11.0. The van der Waals surface area contributed by atoms with Gasteiger partial charge in [0.05, 0.1) is 6.33 Å². The number of hydrogen-bond donors (Lipinski definition) is 1. The number of halogens is 1. The van der Waals surface area contributed by atoms with Crippen LogP contribution in [0.5, 0.6) is 0 Å². The molecule has 24 heavy (non-hydrogen) atoms. The van der Waals surface area contributed by atoms with Crippen LogP contribution >= 0.6 is 0 Å². The first-order valence-electron chi connectivity index (χ1n) is 7.04. The van der Waals surface area contributed by atoms with Crippen molar-refractivity contribution in [1.29, 1.82) is 0 Å². The SMILES string of the molecule is Cn1c(=O)c2ncn(CC(=O)Nc3cccc(F)c3)c2n(C)c1=O. The Morgan fingerprint density at radius 1 is 1.25 bits per heavy atom. The predicted molar refractivity (Wildman–Crippen MR) is 85.2 cm³/mol. The van der Waals surface area contributed by atoms with Gasteiger partial charge in [-0.3, -0.25) is 18.7 Å². The second-order valence-electron chi connectivity index (χ2n) is 5.31. The van der Waals surface area contributed by atoms with Gasteiger partial charge in [-0.1, -0.05) is 6.07 Å². The number of carbonyl (C=O) groups excluding carboxylic acids is 1. The lowest BCUT2D eigenvalue weighted by molar-refractivity contribution is -0.116. The van der Waals surface area contributed by atoms with Gasteiger partial charge in [-0.25, -0.2) is 14.2 Å². The highest BCUT2D eigenvalue weighted by Crippen LogP contribution is 2.10. The van der Waals surface area contributed by atoms with Gasteiger partial charge in [0.1, 0.15) is 18.0 Å². The Morgan fingerprint density at radius 3 is 2.71 bits per heavy atom. The van der Waals surface area contributed by atoms with Gasteiger partial charge >= 0.3 is 5.69 Å². The molecule has 3 rings (SSSR count). The van der Waals surface area contributed by atoms with E-state index in [4.69, 9.17) is 0 Å². The summed E-state index contributed by atoms with van der Waals surface area (Å²) >= 11 is 0. The van der Waals surface area contributed by atoms with Gasteiger partial charge in [0.15, 0.2) is 5.52 Å². The lowest BCUT2D eigenvalue weighted by Gasteiger charge is -2.09. The second-order valence-corrected chi connectivity index (χ2v) is 5.31. The van der Waals surface area contributed by atoms with E-state index >= 15 is 0 Å². The third-order valence-corrected chi connectivity index (χ3v) is 3.63. The van der Waals surface area contributed by atoms with E-state index in [0.717, 1.165) is 4.57 Å². The quantitative estimate of drug-likeness (QED) is 0.743. The van der Waals surface area contributed by atoms with Crippen LogP contribution in [0, 0.1) is 5.82 Å². The van der Waals surface area contributed by atoms with E-state index < -0.39 is 23.0 Å². The molecule has 0 aliphatic carbocycles. The van der Waals surface area contributed by atoms with Crippen LogP contribution in [0.15, 0.2) is 40.2 Å². The molecule has 0 saturated heterocycles. The monoisotopic (exact) mass is 331 g/mol. The van der Waals surface area contributed by atoms with Gasteiger partial charge in [0, 0.05) is 19.8 Å². The average Bonchev–Trinajstić information content (AvgIpc) is 2.94. The summed E-state index contributed by atoms with van der Waals surface area (Å²) in [5.74, 6) is -0.903. The maximum atomic E-state index is 13.1. The molecule has 0 radical (unpaired) electrons. The molecule has 0 atom stereocenters. The summed E-state index contributed by atoms with van der Waals surface area (Å²) in [4.78, 5) is 40.2. The highest BCUT2D eigenvalue weighted by atomic mass is 19.1. The lowest BCUT2D eigenvalue weighted by atomic mass is 10.3. The van der Waals surface area contributed by atoms with E-state index in [9.17, 15) is 18.8 Å². The first-order chi connectivity index (χ1) is 11.4. The molecule has 2 aromatic heterocycles. The van der Waals surface area contributed by atoms with Crippen molar-refractivity contribution in [2.24, 2.45) is 14.1 Å². The van der Waals surface area contributed by atoms with E-state index in [1.807, 2.05) is 0 Å². The van der Waals surface area contributed by atoms with Crippen molar-refractivity contribution in [3.05, 3.63) is 57.2 Å². The van der Waals surface area contributed by atoms with E-state index in [1.165, 1.54) is 47.8 Å². The molecule has 124 valence electrons. The van der Waals surface area contributed by atoms with Gasteiger partial charge in [-0.15, -0.1) is 0 Å². The average molecular weight is 331 g/mol. The number of rotatable bonds is 3. The highest BCUT2D eigenvalue weighted by Gasteiger charge is 2.15. The molecule has 9 heteroatoms. The van der Waals surface area contributed by atoms with Crippen LogP contribution in [-0.2, 0) is 25.4 Å². The zero-order valence-corrected chi connectivity index (χ0v) is 13.0. The minimum Gasteiger partial charge on any atom is -0.324 e. The summed E-state index contributed by atoms with van der Waals surface area (Å²) in [5.41, 5.74) is -0.387. The number of carbonyl (C=O) groups is 1. The van der Waals surface area contributed by atoms with Crippen LogP contribution in [0.3, 0.4) is 0 Å². The second kappa shape index (κ2) is 5.76. The summed E-state index contributed by atoms with van der Waals surface area (Å²) in [6.07, 6.45) is 1.32. The molecule has 0 bridgehead atoms. The predicted octanol–water partition coefficient (Wildman–Crippen LogP) is 0.211. The van der Waals surface area contributed by atoms with Gasteiger partial charge < -0.3 is 9.88 Å². The number of hydrogen-bond acceptors (Lipinski definition) is 4. The van der Waals surface area contributed by atoms with E-state index in [-0.39, 0.29) is 17.7 Å². The molecule has 1 amide bonds. The summed E-state index contributed by atoms with van der Waals surface area (Å²) in [5, 5.41) is 2.55. The molecule has 0 fully saturated rings. The minimum absolute atomic E-state index is 0.0955. The summed E-state index contributed by atoms with van der Waals surface area (Å²) < 4.78 is 16.7. The number of nitrogens with zero attached hydrogens (tertiary/aromatic N) is 4. The molecule has 0 spiro atoms. The zero-order valence-electron chi connectivity index (χ0n) is 13.0. The number of amides is 1. The molecular formula is C15H14FN5O3. The van der Waals surface area contributed by atoms with E-state index in [0.29, 0.717) is 5.69 Å². The maximum absolute atomic E-state index is 13.1. The fraction of sp³-hybridized carbons (Fsp3) is 0.200. The number of fused-ring (bicyclic) bond motifs is 1. The van der Waals surface area contributed by atoms with Crippen LogP contribution in [0.1, 0.15) is 0 Å². The Bertz CT molecular complexity index is 1060. The van der Waals surface area contributed by atoms with Crippen molar-refractivity contribution < 1.29 is 9.18 Å². The number of imidazole rings is 1. The first-order valence-corrected chi connectivity index (χ1v) is 7.04. The first kappa shape index (κ1) is 15.7. The fourth-order valence-corrected chi connectivity index (χ4v) is 2.48. The molecule has 2 heterocycles. The Hall–Kier alpha value is -3.23. The largest absolute Gasteiger partial charge is 0.332 e. The Morgan fingerprint density at radius 2 is 2.00 bits per heavy atom. The van der Waals surface area contributed by atoms with Crippen molar-refractivity contribution in [3.63, 3.8) is 0 Å². The van der Waals surface area contributed by atoms with Crippen LogP contribution in [0.4, 0.5) is 10.1 Å². The summed E-state index contributed by atoms with van der Waals surface area (Å²) in [6, 6.07) is 5.49. The smallest absolute Gasteiger partial charge is 0.324 e. The van der Waals surface area contributed by atoms with Gasteiger partial charge in [0.2, 0.25) is 5.91 Å². The van der Waals surface area contributed by atoms with E-state index in [2.05, 4.69) is 10.3 Å². The van der Waals surface area contributed by atoms with Crippen LogP contribution < -0.4 is 16.6 Å². The van der Waals surface area contributed by atoms with Crippen molar-refractivity contribution >= 4 is 22.8 Å². The standard InChI is InChI=1S/C15H14FN5O3/c1-19-13-12(14(23)20(2)15(19)24)17-8-21(13)7-11(22)18-10-5-3-4-9(16)6-10/h3-6,8H,7H2,1-2H3,(H,18,22). The molecule has 8 nitrogen and oxygen atoms in total. The molecule has 3 aromatic rings. The zero-order chi connectivity index (χ0) is 17.4. The van der Waals surface area contributed by atoms with Crippen molar-refractivity contribution in [1.82, 2.24) is 18.7 Å². The van der Waals surface area contributed by atoms with Crippen LogP contribution in [0.2, 0.25) is 0 Å². The number of aromatic nitrogens is 4. The fourth-order valence-electron chi connectivity index (χ4n) is 2.48. The van der Waals surface area contributed by atoms with Gasteiger partial charge in [0.25, 0.3) is 5.56 Å². The third-order valence-electron chi connectivity index (χ3n) is 3.63. The third kappa shape index (κ3) is 2.60. The topological polar surface area (TPSA) is 90.9 Å². The minimum atomic E-state index is -0.530. The number of anilines is 1. The molecular weight excluding hydrogens is 317 g/mol. The van der Waals surface area contributed by atoms with Crippen molar-refractivity contribution in [3.8, 4) is 0 Å².